The van der Waals surface area contributed by atoms with E-state index in [0.29, 0.717) is 11.2 Å². The second kappa shape index (κ2) is 5.68. The molecule has 0 amide bonds. The fourth-order valence-corrected chi connectivity index (χ4v) is 4.22. The maximum Gasteiger partial charge on any atom is 0.170 e. The molecule has 3 rings (SSSR count). The molecule has 0 radical (unpaired) electrons. The minimum Gasteiger partial charge on any atom is -0.360 e. The highest BCUT2D eigenvalue weighted by Gasteiger charge is 2.41. The van der Waals surface area contributed by atoms with E-state index in [4.69, 9.17) is 12.2 Å². The van der Waals surface area contributed by atoms with Gasteiger partial charge in [-0.05, 0) is 80.4 Å². The predicted octanol–water partition coefficient (Wildman–Crippen LogP) is 3.94. The van der Waals surface area contributed by atoms with Crippen LogP contribution in [0, 0.1) is 23.6 Å². The Bertz CT molecular complexity index is 488. The fourth-order valence-electron chi connectivity index (χ4n) is 3.92. The first-order chi connectivity index (χ1) is 9.61. The first kappa shape index (κ1) is 13.8. The zero-order valence-corrected chi connectivity index (χ0v) is 12.5. The van der Waals surface area contributed by atoms with Crippen LogP contribution in [0.3, 0.4) is 0 Å². The van der Waals surface area contributed by atoms with E-state index in [0.717, 1.165) is 23.4 Å². The standard InChI is InChI=1S/C16H21FN2S/c1-10(15-9-11-2-3-12(15)8-11)18-16(20)19-14-6-4-13(17)5-7-14/h4-7,10-12,15H,2-3,8-9H2,1H3,(H2,18,19,20). The van der Waals surface area contributed by atoms with Crippen LogP contribution < -0.4 is 10.6 Å². The van der Waals surface area contributed by atoms with Crippen molar-refractivity contribution in [1.29, 1.82) is 0 Å². The molecular formula is C16H21FN2S. The van der Waals surface area contributed by atoms with Gasteiger partial charge in [0.2, 0.25) is 0 Å². The van der Waals surface area contributed by atoms with E-state index in [-0.39, 0.29) is 5.82 Å². The number of anilines is 1. The normalized spacial score (nSPS) is 29.2. The Morgan fingerprint density at radius 1 is 1.25 bits per heavy atom. The first-order valence-corrected chi connectivity index (χ1v) is 7.85. The van der Waals surface area contributed by atoms with Crippen molar-refractivity contribution in [3.05, 3.63) is 30.1 Å². The van der Waals surface area contributed by atoms with E-state index >= 15 is 0 Å². The third kappa shape index (κ3) is 2.95. The van der Waals surface area contributed by atoms with E-state index in [1.165, 1.54) is 37.8 Å². The van der Waals surface area contributed by atoms with Crippen molar-refractivity contribution in [1.82, 2.24) is 5.32 Å². The molecule has 1 aromatic carbocycles. The average molecular weight is 292 g/mol. The summed E-state index contributed by atoms with van der Waals surface area (Å²) >= 11 is 5.35. The monoisotopic (exact) mass is 292 g/mol. The molecule has 4 atom stereocenters. The molecule has 1 aromatic rings. The van der Waals surface area contributed by atoms with Gasteiger partial charge in [0, 0.05) is 11.7 Å². The number of fused-ring (bicyclic) bond motifs is 2. The molecule has 2 bridgehead atoms. The summed E-state index contributed by atoms with van der Waals surface area (Å²) in [6, 6.07) is 6.68. The van der Waals surface area contributed by atoms with Crippen LogP contribution >= 0.6 is 12.2 Å². The summed E-state index contributed by atoms with van der Waals surface area (Å²) in [7, 11) is 0. The van der Waals surface area contributed by atoms with Crippen LogP contribution in [0.25, 0.3) is 0 Å². The lowest BCUT2D eigenvalue weighted by Gasteiger charge is -2.29. The summed E-state index contributed by atoms with van der Waals surface area (Å²) in [4.78, 5) is 0. The van der Waals surface area contributed by atoms with Gasteiger partial charge in [-0.15, -0.1) is 0 Å². The SMILES string of the molecule is CC(NC(=S)Nc1ccc(F)cc1)C1CC2CCC1C2. The van der Waals surface area contributed by atoms with Gasteiger partial charge in [0.25, 0.3) is 0 Å². The van der Waals surface area contributed by atoms with E-state index in [2.05, 4.69) is 17.6 Å². The molecule has 2 aliphatic carbocycles. The number of benzene rings is 1. The molecule has 108 valence electrons. The van der Waals surface area contributed by atoms with Crippen LogP contribution in [0.2, 0.25) is 0 Å². The zero-order valence-electron chi connectivity index (χ0n) is 11.7. The third-order valence-corrected chi connectivity index (χ3v) is 5.12. The van der Waals surface area contributed by atoms with Crippen LogP contribution in [0.4, 0.5) is 10.1 Å². The van der Waals surface area contributed by atoms with Crippen molar-refractivity contribution in [2.24, 2.45) is 17.8 Å². The van der Waals surface area contributed by atoms with E-state index in [1.54, 1.807) is 12.1 Å². The molecule has 0 aromatic heterocycles. The van der Waals surface area contributed by atoms with Gasteiger partial charge < -0.3 is 10.6 Å². The van der Waals surface area contributed by atoms with Gasteiger partial charge in [-0.25, -0.2) is 4.39 Å². The van der Waals surface area contributed by atoms with Crippen molar-refractivity contribution in [3.8, 4) is 0 Å². The van der Waals surface area contributed by atoms with Crippen LogP contribution in [-0.4, -0.2) is 11.2 Å². The van der Waals surface area contributed by atoms with Crippen molar-refractivity contribution in [2.75, 3.05) is 5.32 Å². The number of hydrogen-bond acceptors (Lipinski definition) is 1. The molecule has 4 heteroatoms. The van der Waals surface area contributed by atoms with Gasteiger partial charge in [-0.2, -0.15) is 0 Å². The highest BCUT2D eigenvalue weighted by molar-refractivity contribution is 7.80. The Balaban J connectivity index is 1.52. The van der Waals surface area contributed by atoms with E-state index in [9.17, 15) is 4.39 Å². The Labute approximate surface area is 125 Å². The van der Waals surface area contributed by atoms with Crippen LogP contribution in [-0.2, 0) is 0 Å². The maximum atomic E-state index is 12.8. The van der Waals surface area contributed by atoms with Crippen molar-refractivity contribution in [2.45, 2.75) is 38.6 Å². The number of hydrogen-bond donors (Lipinski definition) is 2. The maximum absolute atomic E-state index is 12.8. The molecule has 0 saturated heterocycles. The summed E-state index contributed by atoms with van der Waals surface area (Å²) in [5.74, 6) is 2.36. The molecule has 2 aliphatic rings. The quantitative estimate of drug-likeness (QED) is 0.825. The van der Waals surface area contributed by atoms with Gasteiger partial charge in [0.1, 0.15) is 5.82 Å². The van der Waals surface area contributed by atoms with E-state index < -0.39 is 0 Å². The summed E-state index contributed by atoms with van der Waals surface area (Å²) in [6.07, 6.45) is 5.57. The third-order valence-electron chi connectivity index (χ3n) is 4.90. The lowest BCUT2D eigenvalue weighted by molar-refractivity contribution is 0.279. The minimum atomic E-state index is -0.232. The van der Waals surface area contributed by atoms with Gasteiger partial charge in [-0.3, -0.25) is 0 Å². The molecule has 2 N–H and O–H groups in total. The topological polar surface area (TPSA) is 24.1 Å². The second-order valence-electron chi connectivity index (χ2n) is 6.23. The van der Waals surface area contributed by atoms with E-state index in [1.807, 2.05) is 0 Å². The van der Waals surface area contributed by atoms with Crippen molar-refractivity contribution < 1.29 is 4.39 Å². The molecule has 2 fully saturated rings. The van der Waals surface area contributed by atoms with Gasteiger partial charge in [-0.1, -0.05) is 6.42 Å². The summed E-state index contributed by atoms with van der Waals surface area (Å²) in [6.45, 7) is 2.23. The Morgan fingerprint density at radius 3 is 2.60 bits per heavy atom. The number of rotatable bonds is 3. The van der Waals surface area contributed by atoms with Gasteiger partial charge in [0.15, 0.2) is 5.11 Å². The Hall–Kier alpha value is -1.16. The summed E-state index contributed by atoms with van der Waals surface area (Å²) < 4.78 is 12.8. The summed E-state index contributed by atoms with van der Waals surface area (Å²) in [5, 5.41) is 7.15. The molecule has 4 unspecified atom stereocenters. The zero-order chi connectivity index (χ0) is 14.1. The van der Waals surface area contributed by atoms with Crippen LogP contribution in [0.5, 0.6) is 0 Å². The summed E-state index contributed by atoms with van der Waals surface area (Å²) in [5.41, 5.74) is 0.823. The lowest BCUT2D eigenvalue weighted by atomic mass is 9.84. The fraction of sp³-hybridized carbons (Fsp3) is 0.562. The second-order valence-corrected chi connectivity index (χ2v) is 6.64. The molecule has 0 aliphatic heterocycles. The van der Waals surface area contributed by atoms with Crippen LogP contribution in [0.1, 0.15) is 32.6 Å². The predicted molar refractivity (Wildman–Crippen MR) is 84.2 cm³/mol. The molecular weight excluding hydrogens is 271 g/mol. The average Bonchev–Trinajstić information content (AvgIpc) is 3.03. The molecule has 0 heterocycles. The smallest absolute Gasteiger partial charge is 0.170 e. The highest BCUT2D eigenvalue weighted by atomic mass is 32.1. The van der Waals surface area contributed by atoms with Crippen LogP contribution in [0.15, 0.2) is 24.3 Å². The Kier molecular flexibility index (Phi) is 3.92. The minimum absolute atomic E-state index is 0.232. The molecule has 2 nitrogen and oxygen atoms in total. The highest BCUT2D eigenvalue weighted by Crippen LogP contribution is 2.49. The Morgan fingerprint density at radius 2 is 2.00 bits per heavy atom. The molecule has 0 spiro atoms. The van der Waals surface area contributed by atoms with Crippen molar-refractivity contribution in [3.63, 3.8) is 0 Å². The number of nitrogens with one attached hydrogen (secondary N) is 2. The van der Waals surface area contributed by atoms with Gasteiger partial charge in [0.05, 0.1) is 0 Å². The first-order valence-electron chi connectivity index (χ1n) is 7.45. The molecule has 20 heavy (non-hydrogen) atoms. The van der Waals surface area contributed by atoms with Crippen molar-refractivity contribution >= 4 is 23.0 Å². The molecule has 2 saturated carbocycles. The number of halogens is 1. The number of thiocarbonyl (C=S) groups is 1. The lowest BCUT2D eigenvalue weighted by Crippen LogP contribution is -2.42. The largest absolute Gasteiger partial charge is 0.360 e. The van der Waals surface area contributed by atoms with Gasteiger partial charge >= 0.3 is 0 Å².